The number of pyridine rings is 2. The summed E-state index contributed by atoms with van der Waals surface area (Å²) in [5.41, 5.74) is 1.99. The highest BCUT2D eigenvalue weighted by Crippen LogP contribution is 2.48. The zero-order valence-corrected chi connectivity index (χ0v) is 31.1. The molecule has 0 saturated carbocycles. The van der Waals surface area contributed by atoms with Crippen LogP contribution in [0.2, 0.25) is 10.0 Å². The number of benzene rings is 2. The summed E-state index contributed by atoms with van der Waals surface area (Å²) in [6.07, 6.45) is 5.68. The molecular weight excluding hydrogens is 733 g/mol. The number of carbonyl (C=O) groups excluding carboxylic acids is 1. The Kier molecular flexibility index (Phi) is 9.95. The number of para-hydroxylation sites is 2. The van der Waals surface area contributed by atoms with E-state index >= 15 is 0 Å². The van der Waals surface area contributed by atoms with Crippen LogP contribution in [0.15, 0.2) is 77.5 Å². The Morgan fingerprint density at radius 1 is 0.837 bits per heavy atom. The van der Waals surface area contributed by atoms with Crippen LogP contribution in [0.4, 0.5) is 4.79 Å². The van der Waals surface area contributed by atoms with Crippen molar-refractivity contribution in [3.05, 3.63) is 105 Å². The van der Waals surface area contributed by atoms with Gasteiger partial charge in [0.05, 0.1) is 14.5 Å². The first-order valence-corrected chi connectivity index (χ1v) is 17.6. The van der Waals surface area contributed by atoms with Crippen molar-refractivity contribution in [1.82, 2.24) is 14.9 Å². The number of amides is 1. The second-order valence-corrected chi connectivity index (χ2v) is 15.2. The molecule has 3 aliphatic heterocycles. The molecular formula is C37H38BrCl2N3O6. The zero-order chi connectivity index (χ0) is 35.0. The molecule has 1 amide bonds. The van der Waals surface area contributed by atoms with Crippen molar-refractivity contribution in [2.24, 2.45) is 5.92 Å². The van der Waals surface area contributed by atoms with Gasteiger partial charge in [-0.05, 0) is 110 Å². The van der Waals surface area contributed by atoms with Crippen molar-refractivity contribution in [3.63, 3.8) is 0 Å². The smallest absolute Gasteiger partial charge is 0.410 e. The number of piperidine rings is 1. The average Bonchev–Trinajstić information content (AvgIpc) is 3.60. The second kappa shape index (κ2) is 13.9. The van der Waals surface area contributed by atoms with E-state index in [4.69, 9.17) is 46.9 Å². The van der Waals surface area contributed by atoms with E-state index in [1.54, 1.807) is 35.5 Å². The highest BCUT2D eigenvalue weighted by atomic mass is 79.9. The topological polar surface area (TPSA) is 92.2 Å². The fraction of sp³-hybridized carbons (Fsp3) is 0.378. The van der Waals surface area contributed by atoms with Gasteiger partial charge < -0.3 is 28.6 Å². The number of fused-ring (bicyclic) bond motifs is 2. The Labute approximate surface area is 304 Å². The molecule has 4 aromatic rings. The third-order valence-corrected chi connectivity index (χ3v) is 9.43. The Balaban J connectivity index is 0.000000195. The maximum atomic E-state index is 12.3. The predicted molar refractivity (Wildman–Crippen MR) is 191 cm³/mol. The number of aromatic nitrogens is 2. The van der Waals surface area contributed by atoms with E-state index in [0.29, 0.717) is 51.9 Å². The molecule has 0 radical (unpaired) electrons. The Morgan fingerprint density at radius 2 is 1.37 bits per heavy atom. The number of likely N-dealkylation sites (tertiary alicyclic amines) is 1. The Hall–Kier alpha value is -3.73. The summed E-state index contributed by atoms with van der Waals surface area (Å²) in [6.45, 7) is 10.8. The van der Waals surface area contributed by atoms with Gasteiger partial charge in [-0.3, -0.25) is 9.97 Å². The van der Waals surface area contributed by atoms with Crippen molar-refractivity contribution in [1.29, 1.82) is 0 Å². The van der Waals surface area contributed by atoms with E-state index in [0.717, 1.165) is 40.8 Å². The van der Waals surface area contributed by atoms with Crippen LogP contribution in [-0.4, -0.2) is 39.7 Å². The second-order valence-electron chi connectivity index (χ2n) is 13.4. The van der Waals surface area contributed by atoms with Gasteiger partial charge in [0.15, 0.2) is 23.0 Å². The first-order valence-electron chi connectivity index (χ1n) is 16.1. The fourth-order valence-electron chi connectivity index (χ4n) is 5.89. The summed E-state index contributed by atoms with van der Waals surface area (Å²) in [5, 5.41) is 1.15. The summed E-state index contributed by atoms with van der Waals surface area (Å²) in [5.74, 6) is 1.45. The predicted octanol–water partition coefficient (Wildman–Crippen LogP) is 9.71. The summed E-state index contributed by atoms with van der Waals surface area (Å²) in [6, 6.07) is 18.8. The maximum absolute atomic E-state index is 12.3. The molecule has 2 aromatic heterocycles. The molecule has 258 valence electrons. The standard InChI is InChI=1S/C24H29ClN2O4.C13H9BrClNO2/c1-23(2,3)31-22(28)27-12-10-16(11-13-27)14-17-6-5-7-19-21(17)30-24(4,29-19)20-9-8-18(25)15-26-20;1-13(11-6-5-8(15)7-16-11)17-10-4-2-3-9(14)12(10)18-13/h5-9,15-16H,10-14H2,1-4H3;2-7H,1H3. The number of halogens is 3. The van der Waals surface area contributed by atoms with Crippen molar-refractivity contribution < 1.29 is 28.5 Å². The Morgan fingerprint density at radius 3 is 1.88 bits per heavy atom. The van der Waals surface area contributed by atoms with Crippen molar-refractivity contribution in [2.45, 2.75) is 71.1 Å². The van der Waals surface area contributed by atoms with Crippen LogP contribution in [0.3, 0.4) is 0 Å². The molecule has 0 N–H and O–H groups in total. The molecule has 3 aliphatic rings. The van der Waals surface area contributed by atoms with Gasteiger partial charge in [0.25, 0.3) is 11.6 Å². The maximum Gasteiger partial charge on any atom is 0.410 e. The van der Waals surface area contributed by atoms with Gasteiger partial charge in [0.2, 0.25) is 0 Å². The van der Waals surface area contributed by atoms with E-state index < -0.39 is 17.2 Å². The SMILES string of the molecule is CC(C)(C)OC(=O)N1CCC(Cc2cccc3c2OC(C)(c2ccc(Cl)cn2)O3)CC1.CC1(c2ccc(Cl)cn2)Oc2cccc(Br)c2O1. The lowest BCUT2D eigenvalue weighted by Gasteiger charge is -2.33. The van der Waals surface area contributed by atoms with Gasteiger partial charge >= 0.3 is 6.09 Å². The van der Waals surface area contributed by atoms with Crippen molar-refractivity contribution in [3.8, 4) is 23.0 Å². The van der Waals surface area contributed by atoms with Gasteiger partial charge in [-0.25, -0.2) is 4.79 Å². The summed E-state index contributed by atoms with van der Waals surface area (Å²) in [4.78, 5) is 22.7. The number of hydrogen-bond donors (Lipinski definition) is 0. The normalized spacial score (nSPS) is 21.2. The number of rotatable bonds is 4. The lowest BCUT2D eigenvalue weighted by molar-refractivity contribution is -0.0724. The van der Waals surface area contributed by atoms with Crippen LogP contribution in [-0.2, 0) is 22.7 Å². The van der Waals surface area contributed by atoms with Gasteiger partial charge in [-0.2, -0.15) is 0 Å². The van der Waals surface area contributed by atoms with Crippen LogP contribution < -0.4 is 18.9 Å². The molecule has 2 unspecified atom stereocenters. The van der Waals surface area contributed by atoms with Gasteiger partial charge in [0.1, 0.15) is 17.0 Å². The highest BCUT2D eigenvalue weighted by Gasteiger charge is 2.42. The molecule has 1 fully saturated rings. The van der Waals surface area contributed by atoms with Crippen LogP contribution in [0, 0.1) is 5.92 Å². The zero-order valence-electron chi connectivity index (χ0n) is 28.0. The lowest BCUT2D eigenvalue weighted by Crippen LogP contribution is -2.42. The molecule has 5 heterocycles. The average molecular weight is 772 g/mol. The summed E-state index contributed by atoms with van der Waals surface area (Å²) in [7, 11) is 0. The van der Waals surface area contributed by atoms with Gasteiger partial charge in [-0.15, -0.1) is 0 Å². The molecule has 0 spiro atoms. The summed E-state index contributed by atoms with van der Waals surface area (Å²) >= 11 is 15.2. The van der Waals surface area contributed by atoms with Crippen molar-refractivity contribution in [2.75, 3.05) is 13.1 Å². The minimum Gasteiger partial charge on any atom is -0.444 e. The minimum atomic E-state index is -0.983. The van der Waals surface area contributed by atoms with E-state index in [1.165, 1.54) is 0 Å². The summed E-state index contributed by atoms with van der Waals surface area (Å²) < 4.78 is 30.5. The van der Waals surface area contributed by atoms with Gasteiger partial charge in [0, 0.05) is 39.3 Å². The third-order valence-electron chi connectivity index (χ3n) is 8.35. The fourth-order valence-corrected chi connectivity index (χ4v) is 6.55. The highest BCUT2D eigenvalue weighted by molar-refractivity contribution is 9.10. The Bertz CT molecular complexity index is 1810. The van der Waals surface area contributed by atoms with Gasteiger partial charge in [-0.1, -0.05) is 41.4 Å². The molecule has 2 atom stereocenters. The molecule has 9 nitrogen and oxygen atoms in total. The first kappa shape index (κ1) is 35.1. The molecule has 12 heteroatoms. The molecule has 0 aliphatic carbocycles. The van der Waals surface area contributed by atoms with E-state index in [9.17, 15) is 4.79 Å². The molecule has 7 rings (SSSR count). The first-order chi connectivity index (χ1) is 23.2. The largest absolute Gasteiger partial charge is 0.444 e. The van der Waals surface area contributed by atoms with E-state index in [-0.39, 0.29) is 6.09 Å². The molecule has 1 saturated heterocycles. The van der Waals surface area contributed by atoms with Crippen LogP contribution >= 0.6 is 39.1 Å². The van der Waals surface area contributed by atoms with E-state index in [2.05, 4.69) is 32.0 Å². The molecule has 0 bridgehead atoms. The van der Waals surface area contributed by atoms with Crippen LogP contribution in [0.5, 0.6) is 23.0 Å². The monoisotopic (exact) mass is 769 g/mol. The number of carbonyl (C=O) groups is 1. The quantitative estimate of drug-likeness (QED) is 0.203. The molecule has 49 heavy (non-hydrogen) atoms. The number of ether oxygens (including phenoxy) is 5. The van der Waals surface area contributed by atoms with Crippen LogP contribution in [0.25, 0.3) is 0 Å². The van der Waals surface area contributed by atoms with E-state index in [1.807, 2.05) is 71.0 Å². The third kappa shape index (κ3) is 8.03. The van der Waals surface area contributed by atoms with Crippen LogP contribution in [0.1, 0.15) is 64.4 Å². The number of nitrogens with zero attached hydrogens (tertiary/aromatic N) is 3. The number of hydrogen-bond acceptors (Lipinski definition) is 8. The van der Waals surface area contributed by atoms with Crippen molar-refractivity contribution >= 4 is 45.2 Å². The lowest BCUT2D eigenvalue weighted by atomic mass is 9.90. The molecule has 2 aromatic carbocycles. The minimum absolute atomic E-state index is 0.227.